The monoisotopic (exact) mass is 386 g/mol. The number of hydrogen-bond donors (Lipinski definition) is 3. The van der Waals surface area contributed by atoms with Gasteiger partial charge in [0.05, 0.1) is 6.26 Å². The third kappa shape index (κ3) is 8.73. The van der Waals surface area contributed by atoms with Gasteiger partial charge in [0, 0.05) is 38.3 Å². The summed E-state index contributed by atoms with van der Waals surface area (Å²) in [6.45, 7) is 5.98. The summed E-state index contributed by atoms with van der Waals surface area (Å²) in [6, 6.07) is 13.0. The van der Waals surface area contributed by atoms with Gasteiger partial charge in [0.15, 0.2) is 5.96 Å². The average Bonchev–Trinajstić information content (AvgIpc) is 3.24. The first-order chi connectivity index (χ1) is 13.8. The number of rotatable bonds is 12. The smallest absolute Gasteiger partial charge is 0.251 e. The van der Waals surface area contributed by atoms with Crippen molar-refractivity contribution in [2.45, 2.75) is 26.4 Å². The van der Waals surface area contributed by atoms with E-state index < -0.39 is 0 Å². The minimum absolute atomic E-state index is 0.0517. The molecule has 3 N–H and O–H groups in total. The van der Waals surface area contributed by atoms with Crippen LogP contribution in [0.3, 0.4) is 0 Å². The molecule has 0 aliphatic rings. The van der Waals surface area contributed by atoms with Gasteiger partial charge in [-0.2, -0.15) is 0 Å². The number of nitrogens with zero attached hydrogens (tertiary/aromatic N) is 1. The van der Waals surface area contributed by atoms with Gasteiger partial charge >= 0.3 is 0 Å². The van der Waals surface area contributed by atoms with Gasteiger partial charge in [-0.25, -0.2) is 0 Å². The highest BCUT2D eigenvalue weighted by Gasteiger charge is 2.03. The van der Waals surface area contributed by atoms with E-state index in [-0.39, 0.29) is 5.91 Å². The molecule has 0 saturated heterocycles. The Kier molecular flexibility index (Phi) is 10.3. The second kappa shape index (κ2) is 13.4. The average molecular weight is 386 g/mol. The molecular formula is C21H30N4O3. The highest BCUT2D eigenvalue weighted by atomic mass is 16.5. The molecule has 28 heavy (non-hydrogen) atoms. The van der Waals surface area contributed by atoms with E-state index >= 15 is 0 Å². The Hall–Kier alpha value is -2.80. The first-order valence-electron chi connectivity index (χ1n) is 9.75. The summed E-state index contributed by atoms with van der Waals surface area (Å²) in [5, 5.41) is 9.41. The molecule has 152 valence electrons. The van der Waals surface area contributed by atoms with Crippen molar-refractivity contribution < 1.29 is 13.9 Å². The number of ether oxygens (including phenoxy) is 1. The van der Waals surface area contributed by atoms with Crippen molar-refractivity contribution in [1.82, 2.24) is 16.0 Å². The number of benzene rings is 1. The van der Waals surface area contributed by atoms with Crippen LogP contribution in [0.1, 0.15) is 35.9 Å². The van der Waals surface area contributed by atoms with Crippen LogP contribution in [0.5, 0.6) is 0 Å². The molecule has 1 heterocycles. The van der Waals surface area contributed by atoms with E-state index in [1.807, 2.05) is 37.3 Å². The van der Waals surface area contributed by atoms with Gasteiger partial charge in [-0.05, 0) is 44.0 Å². The lowest BCUT2D eigenvalue weighted by atomic mass is 10.2. The largest absolute Gasteiger partial charge is 0.467 e. The van der Waals surface area contributed by atoms with Crippen LogP contribution >= 0.6 is 0 Å². The summed E-state index contributed by atoms with van der Waals surface area (Å²) < 4.78 is 10.8. The van der Waals surface area contributed by atoms with Crippen molar-refractivity contribution >= 4 is 11.9 Å². The molecule has 2 aromatic rings. The maximum absolute atomic E-state index is 12.0. The molecule has 0 aliphatic carbocycles. The molecule has 0 fully saturated rings. The molecular weight excluding hydrogens is 356 g/mol. The quantitative estimate of drug-likeness (QED) is 0.296. The zero-order chi connectivity index (χ0) is 19.9. The van der Waals surface area contributed by atoms with Crippen LogP contribution in [0.2, 0.25) is 0 Å². The number of aliphatic imine (C=N–C) groups is 1. The van der Waals surface area contributed by atoms with Crippen molar-refractivity contribution in [2.75, 3.05) is 32.8 Å². The lowest BCUT2D eigenvalue weighted by Crippen LogP contribution is -2.38. The molecule has 1 aromatic carbocycles. The third-order valence-corrected chi connectivity index (χ3v) is 3.85. The molecule has 7 heteroatoms. The molecule has 0 atom stereocenters. The van der Waals surface area contributed by atoms with Crippen molar-refractivity contribution in [3.8, 4) is 0 Å². The van der Waals surface area contributed by atoms with E-state index in [4.69, 9.17) is 9.15 Å². The van der Waals surface area contributed by atoms with Gasteiger partial charge in [0.1, 0.15) is 12.4 Å². The Morgan fingerprint density at radius 2 is 1.86 bits per heavy atom. The summed E-state index contributed by atoms with van der Waals surface area (Å²) in [6.07, 6.45) is 3.30. The topological polar surface area (TPSA) is 87.9 Å². The van der Waals surface area contributed by atoms with Crippen molar-refractivity contribution in [3.63, 3.8) is 0 Å². The number of furan rings is 1. The van der Waals surface area contributed by atoms with Crippen LogP contribution in [0.25, 0.3) is 0 Å². The molecule has 1 amide bonds. The second-order valence-corrected chi connectivity index (χ2v) is 6.15. The molecule has 0 bridgehead atoms. The fourth-order valence-electron chi connectivity index (χ4n) is 2.45. The fraction of sp³-hybridized carbons (Fsp3) is 0.429. The summed E-state index contributed by atoms with van der Waals surface area (Å²) in [5.74, 6) is 1.56. The highest BCUT2D eigenvalue weighted by Crippen LogP contribution is 2.01. The Morgan fingerprint density at radius 3 is 2.61 bits per heavy atom. The van der Waals surface area contributed by atoms with E-state index in [2.05, 4.69) is 20.9 Å². The zero-order valence-corrected chi connectivity index (χ0v) is 16.4. The van der Waals surface area contributed by atoms with Crippen LogP contribution < -0.4 is 16.0 Å². The number of guanidine groups is 1. The third-order valence-electron chi connectivity index (χ3n) is 3.85. The highest BCUT2D eigenvalue weighted by molar-refractivity contribution is 5.94. The van der Waals surface area contributed by atoms with Crippen LogP contribution in [0.4, 0.5) is 0 Å². The molecule has 0 unspecified atom stereocenters. The van der Waals surface area contributed by atoms with Gasteiger partial charge in [0.25, 0.3) is 5.91 Å². The second-order valence-electron chi connectivity index (χ2n) is 6.15. The van der Waals surface area contributed by atoms with E-state index in [9.17, 15) is 4.79 Å². The fourth-order valence-corrected chi connectivity index (χ4v) is 2.45. The first-order valence-corrected chi connectivity index (χ1v) is 9.75. The Bertz CT molecular complexity index is 687. The maximum atomic E-state index is 12.0. The molecule has 0 radical (unpaired) electrons. The minimum Gasteiger partial charge on any atom is -0.467 e. The zero-order valence-electron chi connectivity index (χ0n) is 16.4. The Labute approximate surface area is 166 Å². The Balaban J connectivity index is 1.56. The van der Waals surface area contributed by atoms with E-state index in [0.717, 1.165) is 37.7 Å². The predicted molar refractivity (Wildman–Crippen MR) is 110 cm³/mol. The lowest BCUT2D eigenvalue weighted by molar-refractivity contribution is 0.0953. The van der Waals surface area contributed by atoms with Gasteiger partial charge in [-0.1, -0.05) is 18.2 Å². The summed E-state index contributed by atoms with van der Waals surface area (Å²) >= 11 is 0. The molecule has 0 spiro atoms. The van der Waals surface area contributed by atoms with Crippen LogP contribution in [0.15, 0.2) is 58.1 Å². The van der Waals surface area contributed by atoms with Gasteiger partial charge in [-0.15, -0.1) is 0 Å². The molecule has 1 aromatic heterocycles. The number of carbonyl (C=O) groups is 1. The maximum Gasteiger partial charge on any atom is 0.251 e. The summed E-state index contributed by atoms with van der Waals surface area (Å²) in [7, 11) is 0. The normalized spacial score (nSPS) is 11.2. The van der Waals surface area contributed by atoms with E-state index in [1.165, 1.54) is 0 Å². The summed E-state index contributed by atoms with van der Waals surface area (Å²) in [5.41, 5.74) is 0.676. The standard InChI is InChI=1S/C21H30N4O3/c1-2-22-21(25-14-8-15-27-17-19-11-6-16-28-19)24-13-7-12-23-20(26)18-9-4-3-5-10-18/h3-6,9-11,16H,2,7-8,12-15,17H2,1H3,(H,23,26)(H2,22,24,25). The van der Waals surface area contributed by atoms with Gasteiger partial charge < -0.3 is 25.1 Å². The number of amides is 1. The SMILES string of the molecule is CCNC(=NCCCNC(=O)c1ccccc1)NCCCOCc1ccco1. The van der Waals surface area contributed by atoms with E-state index in [0.29, 0.717) is 31.9 Å². The molecule has 0 aliphatic heterocycles. The van der Waals surface area contributed by atoms with E-state index in [1.54, 1.807) is 18.4 Å². The van der Waals surface area contributed by atoms with Crippen molar-refractivity contribution in [2.24, 2.45) is 4.99 Å². The van der Waals surface area contributed by atoms with Crippen LogP contribution in [0, 0.1) is 0 Å². The van der Waals surface area contributed by atoms with Crippen LogP contribution in [-0.2, 0) is 11.3 Å². The Morgan fingerprint density at radius 1 is 1.04 bits per heavy atom. The minimum atomic E-state index is -0.0517. The lowest BCUT2D eigenvalue weighted by Gasteiger charge is -2.11. The number of nitrogens with one attached hydrogen (secondary N) is 3. The molecule has 2 rings (SSSR count). The van der Waals surface area contributed by atoms with Gasteiger partial charge in [0.2, 0.25) is 0 Å². The first kappa shape index (κ1) is 21.5. The summed E-state index contributed by atoms with van der Waals surface area (Å²) in [4.78, 5) is 16.5. The molecule has 0 saturated carbocycles. The number of carbonyl (C=O) groups excluding carboxylic acids is 1. The van der Waals surface area contributed by atoms with Crippen LogP contribution in [-0.4, -0.2) is 44.7 Å². The predicted octanol–water partition coefficient (Wildman–Crippen LogP) is 2.56. The van der Waals surface area contributed by atoms with Crippen molar-refractivity contribution in [1.29, 1.82) is 0 Å². The van der Waals surface area contributed by atoms with Gasteiger partial charge in [-0.3, -0.25) is 9.79 Å². The molecule has 7 nitrogen and oxygen atoms in total. The number of hydrogen-bond acceptors (Lipinski definition) is 4. The van der Waals surface area contributed by atoms with Crippen molar-refractivity contribution in [3.05, 3.63) is 60.1 Å².